The zero-order valence-electron chi connectivity index (χ0n) is 6.04. The van der Waals surface area contributed by atoms with Crippen LogP contribution in [0.3, 0.4) is 0 Å². The second-order valence-corrected chi connectivity index (χ2v) is 2.92. The Morgan fingerprint density at radius 2 is 2.00 bits per heavy atom. The lowest BCUT2D eigenvalue weighted by atomic mass is 10.4. The molecule has 0 amide bonds. The Morgan fingerprint density at radius 3 is 2.45 bits per heavy atom. The molecule has 0 saturated carbocycles. The van der Waals surface area contributed by atoms with E-state index in [-0.39, 0.29) is 12.5 Å². The van der Waals surface area contributed by atoms with Crippen LogP contribution in [0.5, 0.6) is 0 Å². The second kappa shape index (κ2) is 7.13. The van der Waals surface area contributed by atoms with Gasteiger partial charge in [0.25, 0.3) is 0 Å². The quantitative estimate of drug-likeness (QED) is 0.489. The van der Waals surface area contributed by atoms with Gasteiger partial charge < -0.3 is 14.9 Å². The van der Waals surface area contributed by atoms with Crippen molar-refractivity contribution < 1.29 is 14.9 Å². The number of aliphatic hydroxyl groups is 2. The van der Waals surface area contributed by atoms with E-state index in [1.165, 1.54) is 0 Å². The first kappa shape index (κ1) is 11.5. The fourth-order valence-electron chi connectivity index (χ4n) is 0.444. The number of rotatable bonds is 6. The van der Waals surface area contributed by atoms with Crippen LogP contribution in [0.2, 0.25) is 0 Å². The van der Waals surface area contributed by atoms with Gasteiger partial charge in [0.15, 0.2) is 0 Å². The monoisotopic (exact) mass is 202 g/mol. The van der Waals surface area contributed by atoms with E-state index in [1.54, 1.807) is 0 Å². The van der Waals surface area contributed by atoms with Crippen molar-refractivity contribution in [2.24, 2.45) is 0 Å². The molecule has 0 aromatic rings. The minimum Gasteiger partial charge on any atom is -0.389 e. The summed E-state index contributed by atoms with van der Waals surface area (Å²) < 4.78 is 4.92. The standard InChI is InChI=1S/C6H12Cl2O3/c7-3-5(9)4-11-2-1-6(8)10/h5-6,9-10H,1-4H2. The van der Waals surface area contributed by atoms with Crippen LogP contribution in [0.15, 0.2) is 0 Å². The normalized spacial score (nSPS) is 16.4. The number of hydrogen-bond donors (Lipinski definition) is 2. The first-order valence-corrected chi connectivity index (χ1v) is 4.27. The smallest absolute Gasteiger partial charge is 0.130 e. The Balaban J connectivity index is 3.01. The first-order valence-electron chi connectivity index (χ1n) is 3.30. The third-order valence-electron chi connectivity index (χ3n) is 0.989. The van der Waals surface area contributed by atoms with E-state index in [9.17, 15) is 0 Å². The Kier molecular flexibility index (Phi) is 7.43. The van der Waals surface area contributed by atoms with Gasteiger partial charge in [-0.25, -0.2) is 0 Å². The van der Waals surface area contributed by atoms with Crippen molar-refractivity contribution in [1.82, 2.24) is 0 Å². The minimum atomic E-state index is -0.872. The molecule has 0 rings (SSSR count). The highest BCUT2D eigenvalue weighted by Gasteiger charge is 2.02. The molecule has 11 heavy (non-hydrogen) atoms. The molecule has 68 valence electrons. The maximum Gasteiger partial charge on any atom is 0.130 e. The van der Waals surface area contributed by atoms with Crippen LogP contribution in [0.25, 0.3) is 0 Å². The third kappa shape index (κ3) is 8.37. The molecule has 0 aliphatic carbocycles. The number of alkyl halides is 2. The summed E-state index contributed by atoms with van der Waals surface area (Å²) in [4.78, 5) is 0. The van der Waals surface area contributed by atoms with E-state index in [0.29, 0.717) is 13.0 Å². The molecule has 0 spiro atoms. The molecule has 0 fully saturated rings. The molecule has 0 aliphatic heterocycles. The first-order chi connectivity index (χ1) is 5.16. The van der Waals surface area contributed by atoms with Gasteiger partial charge >= 0.3 is 0 Å². The maximum atomic E-state index is 8.87. The van der Waals surface area contributed by atoms with Crippen molar-refractivity contribution in [3.05, 3.63) is 0 Å². The van der Waals surface area contributed by atoms with Crippen LogP contribution in [-0.4, -0.2) is 41.0 Å². The third-order valence-corrected chi connectivity index (χ3v) is 1.56. The highest BCUT2D eigenvalue weighted by molar-refractivity contribution is 6.19. The van der Waals surface area contributed by atoms with Gasteiger partial charge in [0, 0.05) is 6.42 Å². The summed E-state index contributed by atoms with van der Waals surface area (Å²) in [7, 11) is 0. The van der Waals surface area contributed by atoms with E-state index in [4.69, 9.17) is 38.2 Å². The highest BCUT2D eigenvalue weighted by Crippen LogP contribution is 1.97. The van der Waals surface area contributed by atoms with Crippen LogP contribution < -0.4 is 0 Å². The van der Waals surface area contributed by atoms with Crippen LogP contribution in [-0.2, 0) is 4.74 Å². The van der Waals surface area contributed by atoms with Gasteiger partial charge in [-0.3, -0.25) is 0 Å². The summed E-state index contributed by atoms with van der Waals surface area (Å²) in [6.45, 7) is 0.520. The molecule has 3 nitrogen and oxygen atoms in total. The number of aliphatic hydroxyl groups excluding tert-OH is 2. The van der Waals surface area contributed by atoms with Crippen LogP contribution in [0, 0.1) is 0 Å². The Morgan fingerprint density at radius 1 is 1.36 bits per heavy atom. The van der Waals surface area contributed by atoms with Crippen molar-refractivity contribution in [3.63, 3.8) is 0 Å². The molecule has 0 radical (unpaired) electrons. The van der Waals surface area contributed by atoms with E-state index in [2.05, 4.69) is 0 Å². The lowest BCUT2D eigenvalue weighted by Crippen LogP contribution is -2.18. The molecule has 2 atom stereocenters. The fourth-order valence-corrected chi connectivity index (χ4v) is 0.623. The SMILES string of the molecule is OC(Cl)CCOCC(O)CCl. The van der Waals surface area contributed by atoms with Gasteiger partial charge in [-0.05, 0) is 0 Å². The molecule has 0 aliphatic rings. The molecule has 0 saturated heterocycles. The van der Waals surface area contributed by atoms with Crippen molar-refractivity contribution >= 4 is 23.2 Å². The van der Waals surface area contributed by atoms with Crippen molar-refractivity contribution in [3.8, 4) is 0 Å². The molecule has 0 heterocycles. The van der Waals surface area contributed by atoms with E-state index < -0.39 is 11.7 Å². The van der Waals surface area contributed by atoms with E-state index >= 15 is 0 Å². The predicted octanol–water partition coefficient (Wildman–Crippen LogP) is 0.550. The maximum absolute atomic E-state index is 8.87. The lowest BCUT2D eigenvalue weighted by Gasteiger charge is -2.07. The van der Waals surface area contributed by atoms with Crippen LogP contribution in [0.4, 0.5) is 0 Å². The molecular weight excluding hydrogens is 191 g/mol. The zero-order valence-corrected chi connectivity index (χ0v) is 7.55. The number of ether oxygens (including phenoxy) is 1. The van der Waals surface area contributed by atoms with Gasteiger partial charge in [-0.15, -0.1) is 11.6 Å². The van der Waals surface area contributed by atoms with Gasteiger partial charge in [0.05, 0.1) is 25.2 Å². The number of halogens is 2. The topological polar surface area (TPSA) is 49.7 Å². The fraction of sp³-hybridized carbons (Fsp3) is 1.00. The summed E-state index contributed by atoms with van der Waals surface area (Å²) in [5, 5.41) is 17.4. The van der Waals surface area contributed by atoms with Crippen LogP contribution in [0.1, 0.15) is 6.42 Å². The summed E-state index contributed by atoms with van der Waals surface area (Å²) in [5.41, 5.74) is -0.872. The lowest BCUT2D eigenvalue weighted by molar-refractivity contribution is 0.0385. The van der Waals surface area contributed by atoms with Gasteiger partial charge in [-0.1, -0.05) is 11.6 Å². The van der Waals surface area contributed by atoms with Gasteiger partial charge in [0.2, 0.25) is 0 Å². The predicted molar refractivity (Wildman–Crippen MR) is 44.0 cm³/mol. The van der Waals surface area contributed by atoms with Gasteiger partial charge in [-0.2, -0.15) is 0 Å². The average molecular weight is 203 g/mol. The van der Waals surface area contributed by atoms with Gasteiger partial charge in [0.1, 0.15) is 5.56 Å². The summed E-state index contributed by atoms with van der Waals surface area (Å²) >= 11 is 10.5. The highest BCUT2D eigenvalue weighted by atomic mass is 35.5. The van der Waals surface area contributed by atoms with Crippen molar-refractivity contribution in [2.75, 3.05) is 19.1 Å². The summed E-state index contributed by atoms with van der Waals surface area (Å²) in [6, 6.07) is 0. The molecular formula is C6H12Cl2O3. The van der Waals surface area contributed by atoms with E-state index in [1.807, 2.05) is 0 Å². The van der Waals surface area contributed by atoms with E-state index in [0.717, 1.165) is 0 Å². The Hall–Kier alpha value is 0.460. The molecule has 0 bridgehead atoms. The molecule has 2 N–H and O–H groups in total. The zero-order chi connectivity index (χ0) is 8.69. The van der Waals surface area contributed by atoms with Crippen molar-refractivity contribution in [2.45, 2.75) is 18.1 Å². The molecule has 5 heteroatoms. The number of hydrogen-bond acceptors (Lipinski definition) is 3. The Labute approximate surface area is 75.9 Å². The second-order valence-electron chi connectivity index (χ2n) is 2.11. The minimum absolute atomic E-state index is 0.156. The summed E-state index contributed by atoms with van der Waals surface area (Å²) in [6.07, 6.45) is -0.277. The van der Waals surface area contributed by atoms with Crippen LogP contribution >= 0.6 is 23.2 Å². The summed E-state index contributed by atoms with van der Waals surface area (Å²) in [5.74, 6) is 0.156. The average Bonchev–Trinajstić information content (AvgIpc) is 1.97. The largest absolute Gasteiger partial charge is 0.389 e. The molecule has 0 aromatic heterocycles. The Bertz CT molecular complexity index is 89.9. The van der Waals surface area contributed by atoms with Crippen molar-refractivity contribution in [1.29, 1.82) is 0 Å². The molecule has 0 aromatic carbocycles. The molecule has 2 unspecified atom stereocenters.